The van der Waals surface area contributed by atoms with Gasteiger partial charge in [0.2, 0.25) is 6.04 Å². The molecule has 0 radical (unpaired) electrons. The molecule has 6 nitrogen and oxygen atoms in total. The van der Waals surface area contributed by atoms with Gasteiger partial charge in [-0.25, -0.2) is 15.0 Å². The summed E-state index contributed by atoms with van der Waals surface area (Å²) in [5.74, 6) is 0.323. The summed E-state index contributed by atoms with van der Waals surface area (Å²) in [6, 6.07) is -0.827. The summed E-state index contributed by atoms with van der Waals surface area (Å²) in [7, 11) is 0. The molecule has 0 saturated carbocycles. The van der Waals surface area contributed by atoms with Crippen molar-refractivity contribution in [3.63, 3.8) is 0 Å². The van der Waals surface area contributed by atoms with E-state index in [0.717, 1.165) is 10.6 Å². The highest BCUT2D eigenvalue weighted by Gasteiger charge is 2.56. The van der Waals surface area contributed by atoms with Crippen LogP contribution >= 0.6 is 22.7 Å². The van der Waals surface area contributed by atoms with Gasteiger partial charge < -0.3 is 10.4 Å². The first-order valence-electron chi connectivity index (χ1n) is 9.04. The first-order chi connectivity index (χ1) is 14.8. The average Bonchev–Trinajstić information content (AvgIpc) is 3.27. The van der Waals surface area contributed by atoms with Crippen molar-refractivity contribution in [2.45, 2.75) is 44.9 Å². The topological polar surface area (TPSA) is 83.0 Å². The summed E-state index contributed by atoms with van der Waals surface area (Å²) < 4.78 is 75.5. The fourth-order valence-electron chi connectivity index (χ4n) is 2.62. The number of rotatable bonds is 7. The minimum Gasteiger partial charge on any atom is -0.386 e. The van der Waals surface area contributed by atoms with Gasteiger partial charge in [-0.3, -0.25) is 5.32 Å². The molecule has 3 rings (SSSR count). The summed E-state index contributed by atoms with van der Waals surface area (Å²) in [6.07, 6.45) is -10.4. The lowest BCUT2D eigenvalue weighted by molar-refractivity contribution is -0.258. The molecule has 3 aromatic heterocycles. The van der Waals surface area contributed by atoms with Gasteiger partial charge in [0.05, 0.1) is 16.3 Å². The first-order valence-corrected chi connectivity index (χ1v) is 10.7. The van der Waals surface area contributed by atoms with Crippen LogP contribution in [0.25, 0.3) is 10.6 Å². The van der Waals surface area contributed by atoms with Gasteiger partial charge in [-0.15, -0.1) is 22.7 Å². The standard InChI is InChI=1S/C18H17F6N5OS2/c1-8-13(32-14(27-8)9(2)30)11-7-31-16(28-11)29-12-4-3-10(5-25-12)6-26-15(17(19,20)21)18(22,23)24/h3-5,7,9,15,26,30H,6H2,1-2H3,(H,25,28,29)/t9-/m0/s1. The van der Waals surface area contributed by atoms with Gasteiger partial charge >= 0.3 is 12.4 Å². The lowest BCUT2D eigenvalue weighted by Crippen LogP contribution is -2.52. The summed E-state index contributed by atoms with van der Waals surface area (Å²) in [5, 5.41) is 16.9. The van der Waals surface area contributed by atoms with Crippen molar-refractivity contribution < 1.29 is 31.4 Å². The second kappa shape index (κ2) is 9.29. The van der Waals surface area contributed by atoms with Crippen LogP contribution in [0.4, 0.5) is 37.3 Å². The number of anilines is 2. The van der Waals surface area contributed by atoms with E-state index in [0.29, 0.717) is 21.7 Å². The van der Waals surface area contributed by atoms with Gasteiger partial charge in [-0.2, -0.15) is 26.3 Å². The molecule has 3 N–H and O–H groups in total. The lowest BCUT2D eigenvalue weighted by Gasteiger charge is -2.23. The lowest BCUT2D eigenvalue weighted by atomic mass is 10.2. The minimum atomic E-state index is -5.46. The fraction of sp³-hybridized carbons (Fsp3) is 0.389. The number of nitrogens with one attached hydrogen (secondary N) is 2. The second-order valence-corrected chi connectivity index (χ2v) is 8.64. The Bertz CT molecular complexity index is 1030. The highest BCUT2D eigenvalue weighted by molar-refractivity contribution is 7.17. The average molecular weight is 497 g/mol. The predicted molar refractivity (Wildman–Crippen MR) is 109 cm³/mol. The molecular formula is C18H17F6N5OS2. The summed E-state index contributed by atoms with van der Waals surface area (Å²) in [4.78, 5) is 13.6. The largest absolute Gasteiger partial charge is 0.412 e. The predicted octanol–water partition coefficient (Wildman–Crippen LogP) is 5.35. The molecule has 1 atom stereocenters. The monoisotopic (exact) mass is 497 g/mol. The van der Waals surface area contributed by atoms with E-state index in [2.05, 4.69) is 20.3 Å². The maximum atomic E-state index is 12.6. The van der Waals surface area contributed by atoms with Crippen LogP contribution < -0.4 is 10.6 Å². The van der Waals surface area contributed by atoms with Crippen LogP contribution in [0, 0.1) is 6.92 Å². The zero-order chi connectivity index (χ0) is 23.7. The number of halogens is 6. The molecular weight excluding hydrogens is 480 g/mol. The van der Waals surface area contributed by atoms with Gasteiger partial charge in [-0.1, -0.05) is 6.07 Å². The van der Waals surface area contributed by atoms with Crippen molar-refractivity contribution in [3.05, 3.63) is 40.0 Å². The smallest absolute Gasteiger partial charge is 0.386 e. The molecule has 0 unspecified atom stereocenters. The van der Waals surface area contributed by atoms with Crippen LogP contribution in [0.3, 0.4) is 0 Å². The molecule has 0 aromatic carbocycles. The molecule has 0 amide bonds. The van der Waals surface area contributed by atoms with Crippen molar-refractivity contribution in [1.82, 2.24) is 20.3 Å². The number of aryl methyl sites for hydroxylation is 1. The summed E-state index contributed by atoms with van der Waals surface area (Å²) in [5.41, 5.74) is 1.54. The van der Waals surface area contributed by atoms with Crippen molar-refractivity contribution in [1.29, 1.82) is 0 Å². The van der Waals surface area contributed by atoms with E-state index in [-0.39, 0.29) is 5.56 Å². The quantitative estimate of drug-likeness (QED) is 0.382. The van der Waals surface area contributed by atoms with Gasteiger partial charge in [0.25, 0.3) is 0 Å². The van der Waals surface area contributed by atoms with E-state index in [1.165, 1.54) is 46.3 Å². The van der Waals surface area contributed by atoms with E-state index in [1.54, 1.807) is 19.2 Å². The van der Waals surface area contributed by atoms with Gasteiger partial charge in [-0.05, 0) is 25.5 Å². The van der Waals surface area contributed by atoms with Crippen LogP contribution in [-0.4, -0.2) is 38.5 Å². The third-order valence-corrected chi connectivity index (χ3v) is 6.24. The van der Waals surface area contributed by atoms with E-state index in [1.807, 2.05) is 0 Å². The van der Waals surface area contributed by atoms with Crippen LogP contribution in [-0.2, 0) is 6.54 Å². The number of nitrogens with zero attached hydrogens (tertiary/aromatic N) is 3. The SMILES string of the molecule is Cc1nc([C@H](C)O)sc1-c1csc(Nc2ccc(CNC(C(F)(F)F)C(F)(F)F)cn2)n1. The molecule has 0 saturated heterocycles. The van der Waals surface area contributed by atoms with E-state index in [9.17, 15) is 31.4 Å². The Morgan fingerprint density at radius 2 is 1.78 bits per heavy atom. The van der Waals surface area contributed by atoms with Crippen molar-refractivity contribution in [3.8, 4) is 10.6 Å². The number of alkyl halides is 6. The van der Waals surface area contributed by atoms with Gasteiger partial charge in [0.1, 0.15) is 16.9 Å². The normalized spacial score (nSPS) is 13.6. The Labute approximate surface area is 186 Å². The van der Waals surface area contributed by atoms with Crippen LogP contribution in [0.5, 0.6) is 0 Å². The zero-order valence-electron chi connectivity index (χ0n) is 16.5. The molecule has 0 bridgehead atoms. The van der Waals surface area contributed by atoms with Gasteiger partial charge in [0, 0.05) is 18.1 Å². The Morgan fingerprint density at radius 1 is 1.09 bits per heavy atom. The zero-order valence-corrected chi connectivity index (χ0v) is 18.2. The molecule has 0 aliphatic carbocycles. The van der Waals surface area contributed by atoms with E-state index in [4.69, 9.17) is 0 Å². The number of pyridine rings is 1. The third kappa shape index (κ3) is 5.94. The number of aliphatic hydroxyl groups is 1. The third-order valence-electron chi connectivity index (χ3n) is 4.13. The first kappa shape index (κ1) is 24.4. The molecule has 0 spiro atoms. The van der Waals surface area contributed by atoms with Crippen LogP contribution in [0.1, 0.15) is 29.3 Å². The number of aromatic nitrogens is 3. The molecule has 14 heteroatoms. The molecule has 3 aromatic rings. The Balaban J connectivity index is 1.64. The van der Waals surface area contributed by atoms with Crippen molar-refractivity contribution >= 4 is 33.6 Å². The van der Waals surface area contributed by atoms with Crippen LogP contribution in [0.2, 0.25) is 0 Å². The maximum absolute atomic E-state index is 12.6. The Morgan fingerprint density at radius 3 is 2.31 bits per heavy atom. The van der Waals surface area contributed by atoms with Crippen LogP contribution in [0.15, 0.2) is 23.7 Å². The molecule has 0 aliphatic rings. The van der Waals surface area contributed by atoms with E-state index < -0.39 is 31.0 Å². The fourth-order valence-corrected chi connectivity index (χ4v) is 4.37. The Hall–Kier alpha value is -2.29. The second-order valence-electron chi connectivity index (χ2n) is 6.75. The van der Waals surface area contributed by atoms with E-state index >= 15 is 0 Å². The number of thiazole rings is 2. The number of aliphatic hydroxyl groups excluding tert-OH is 1. The molecule has 0 fully saturated rings. The number of hydrogen-bond donors (Lipinski definition) is 3. The number of hydrogen-bond acceptors (Lipinski definition) is 8. The summed E-state index contributed by atoms with van der Waals surface area (Å²) >= 11 is 2.61. The molecule has 174 valence electrons. The molecule has 0 aliphatic heterocycles. The summed E-state index contributed by atoms with van der Waals surface area (Å²) in [6.45, 7) is 2.77. The Kier molecular flexibility index (Phi) is 7.07. The maximum Gasteiger partial charge on any atom is 0.412 e. The van der Waals surface area contributed by atoms with Crippen molar-refractivity contribution in [2.75, 3.05) is 5.32 Å². The molecule has 32 heavy (non-hydrogen) atoms. The van der Waals surface area contributed by atoms with Crippen molar-refractivity contribution in [2.24, 2.45) is 0 Å². The highest BCUT2D eigenvalue weighted by atomic mass is 32.1. The minimum absolute atomic E-state index is 0.153. The molecule has 3 heterocycles. The van der Waals surface area contributed by atoms with Gasteiger partial charge in [0.15, 0.2) is 5.13 Å². The highest BCUT2D eigenvalue weighted by Crippen LogP contribution is 2.35.